The fourth-order valence-electron chi connectivity index (χ4n) is 2.42. The van der Waals surface area contributed by atoms with Gasteiger partial charge in [0.05, 0.1) is 18.5 Å². The zero-order chi connectivity index (χ0) is 19.4. The van der Waals surface area contributed by atoms with Crippen LogP contribution in [0.5, 0.6) is 0 Å². The zero-order valence-corrected chi connectivity index (χ0v) is 16.4. The van der Waals surface area contributed by atoms with Gasteiger partial charge in [0.25, 0.3) is 10.0 Å². The lowest BCUT2D eigenvalue weighted by molar-refractivity contribution is 0.0602. The average Bonchev–Trinajstić information content (AvgIpc) is 3.15. The van der Waals surface area contributed by atoms with E-state index >= 15 is 0 Å². The minimum atomic E-state index is -3.96. The van der Waals surface area contributed by atoms with Crippen LogP contribution in [0.1, 0.15) is 15.2 Å². The molecule has 6 nitrogen and oxygen atoms in total. The fraction of sp³-hybridized carbons (Fsp3) is 0.105. The molecule has 0 amide bonds. The highest BCUT2D eigenvalue weighted by Crippen LogP contribution is 2.30. The van der Waals surface area contributed by atoms with E-state index in [-0.39, 0.29) is 9.77 Å². The zero-order valence-electron chi connectivity index (χ0n) is 14.7. The Morgan fingerprint density at radius 2 is 1.67 bits per heavy atom. The number of sulfonamides is 1. The number of carbonyl (C=O) groups is 1. The molecule has 3 aromatic rings. The average molecular weight is 402 g/mol. The number of hydrogen-bond acceptors (Lipinski definition) is 6. The van der Waals surface area contributed by atoms with Crippen LogP contribution in [0.3, 0.4) is 0 Å². The molecular weight excluding hydrogens is 384 g/mol. The Bertz CT molecular complexity index is 1060. The van der Waals surface area contributed by atoms with Crippen LogP contribution in [0, 0.1) is 6.92 Å². The number of benzene rings is 2. The molecule has 0 atom stereocenters. The predicted octanol–water partition coefficient (Wildman–Crippen LogP) is 4.39. The molecule has 2 N–H and O–H groups in total. The number of nitrogens with one attached hydrogen (secondary N) is 2. The van der Waals surface area contributed by atoms with Crippen molar-refractivity contribution in [1.29, 1.82) is 0 Å². The van der Waals surface area contributed by atoms with Gasteiger partial charge in [-0.3, -0.25) is 4.72 Å². The summed E-state index contributed by atoms with van der Waals surface area (Å²) in [6, 6.07) is 16.1. The van der Waals surface area contributed by atoms with Crippen molar-refractivity contribution < 1.29 is 17.9 Å². The van der Waals surface area contributed by atoms with E-state index in [0.29, 0.717) is 11.4 Å². The van der Waals surface area contributed by atoms with Crippen LogP contribution in [0.25, 0.3) is 0 Å². The van der Waals surface area contributed by atoms with Crippen molar-refractivity contribution >= 4 is 44.4 Å². The number of methoxy groups -OCH3 is 1. The maximum Gasteiger partial charge on any atom is 0.349 e. The number of rotatable bonds is 6. The third kappa shape index (κ3) is 4.29. The first-order valence-corrected chi connectivity index (χ1v) is 10.4. The molecule has 0 radical (unpaired) electrons. The van der Waals surface area contributed by atoms with Gasteiger partial charge in [-0.2, -0.15) is 0 Å². The molecule has 140 valence electrons. The SMILES string of the molecule is COC(=O)c1sccc1S(=O)(=O)Nc1ccccc1Nc1ccc(C)cc1. The van der Waals surface area contributed by atoms with Gasteiger partial charge in [-0.15, -0.1) is 11.3 Å². The molecule has 27 heavy (non-hydrogen) atoms. The number of esters is 1. The molecule has 0 saturated carbocycles. The van der Waals surface area contributed by atoms with Gasteiger partial charge in [0.15, 0.2) is 0 Å². The first-order chi connectivity index (χ1) is 12.9. The summed E-state index contributed by atoms with van der Waals surface area (Å²) in [4.78, 5) is 11.7. The Hall–Kier alpha value is -2.84. The minimum Gasteiger partial charge on any atom is -0.465 e. The molecule has 1 aromatic heterocycles. The number of carbonyl (C=O) groups excluding carboxylic acids is 1. The van der Waals surface area contributed by atoms with Crippen molar-refractivity contribution in [1.82, 2.24) is 0 Å². The highest BCUT2D eigenvalue weighted by molar-refractivity contribution is 7.93. The van der Waals surface area contributed by atoms with Crippen LogP contribution in [0.2, 0.25) is 0 Å². The van der Waals surface area contributed by atoms with Gasteiger partial charge in [-0.25, -0.2) is 13.2 Å². The quantitative estimate of drug-likeness (QED) is 0.598. The van der Waals surface area contributed by atoms with Crippen LogP contribution in [0.15, 0.2) is 64.9 Å². The molecule has 3 rings (SSSR count). The summed E-state index contributed by atoms with van der Waals surface area (Å²) in [5, 5.41) is 4.74. The van der Waals surface area contributed by atoms with Gasteiger partial charge < -0.3 is 10.1 Å². The molecule has 0 bridgehead atoms. The summed E-state index contributed by atoms with van der Waals surface area (Å²) in [6.07, 6.45) is 0. The molecule has 2 aromatic carbocycles. The molecule has 0 aliphatic heterocycles. The number of anilines is 3. The summed E-state index contributed by atoms with van der Waals surface area (Å²) in [5.74, 6) is -0.684. The maximum atomic E-state index is 12.8. The Labute approximate surface area is 161 Å². The van der Waals surface area contributed by atoms with Crippen LogP contribution in [-0.4, -0.2) is 21.5 Å². The second-order valence-corrected chi connectivity index (χ2v) is 8.31. The van der Waals surface area contributed by atoms with E-state index in [9.17, 15) is 13.2 Å². The number of thiophene rings is 1. The van der Waals surface area contributed by atoms with Crippen molar-refractivity contribution in [2.24, 2.45) is 0 Å². The molecule has 0 saturated heterocycles. The summed E-state index contributed by atoms with van der Waals surface area (Å²) in [5.41, 5.74) is 2.93. The van der Waals surface area contributed by atoms with Crippen molar-refractivity contribution in [3.8, 4) is 0 Å². The molecule has 0 fully saturated rings. The van der Waals surface area contributed by atoms with Crippen molar-refractivity contribution in [3.05, 3.63) is 70.4 Å². The van der Waals surface area contributed by atoms with E-state index < -0.39 is 16.0 Å². The van der Waals surface area contributed by atoms with E-state index in [0.717, 1.165) is 22.6 Å². The standard InChI is InChI=1S/C19H18N2O4S2/c1-13-7-9-14(10-8-13)20-15-5-3-4-6-16(15)21-27(23,24)17-11-12-26-18(17)19(22)25-2/h3-12,20-21H,1-2H3. The van der Waals surface area contributed by atoms with E-state index in [1.165, 1.54) is 18.6 Å². The van der Waals surface area contributed by atoms with Crippen molar-refractivity contribution in [3.63, 3.8) is 0 Å². The lowest BCUT2D eigenvalue weighted by Gasteiger charge is -2.14. The van der Waals surface area contributed by atoms with Crippen molar-refractivity contribution in [2.75, 3.05) is 17.1 Å². The molecule has 1 heterocycles. The molecular formula is C19H18N2O4S2. The van der Waals surface area contributed by atoms with Crippen molar-refractivity contribution in [2.45, 2.75) is 11.8 Å². The topological polar surface area (TPSA) is 84.5 Å². The number of para-hydroxylation sites is 2. The first kappa shape index (κ1) is 18.9. The van der Waals surface area contributed by atoms with Gasteiger partial charge >= 0.3 is 5.97 Å². The Morgan fingerprint density at radius 3 is 2.33 bits per heavy atom. The Balaban J connectivity index is 1.91. The van der Waals surface area contributed by atoms with Gasteiger partial charge in [0, 0.05) is 5.69 Å². The van der Waals surface area contributed by atoms with Gasteiger partial charge in [-0.1, -0.05) is 29.8 Å². The Morgan fingerprint density at radius 1 is 1.00 bits per heavy atom. The summed E-state index contributed by atoms with van der Waals surface area (Å²) < 4.78 is 32.8. The number of hydrogen-bond donors (Lipinski definition) is 2. The summed E-state index contributed by atoms with van der Waals surface area (Å²) >= 11 is 1.02. The number of ether oxygens (including phenoxy) is 1. The molecule has 0 aliphatic rings. The third-order valence-corrected chi connectivity index (χ3v) is 6.22. The van der Waals surface area contributed by atoms with E-state index in [2.05, 4.69) is 14.8 Å². The molecule has 8 heteroatoms. The lowest BCUT2D eigenvalue weighted by atomic mass is 10.2. The summed E-state index contributed by atoms with van der Waals surface area (Å²) in [6.45, 7) is 1.99. The van der Waals surface area contributed by atoms with Crippen LogP contribution >= 0.6 is 11.3 Å². The fourth-order valence-corrected chi connectivity index (χ4v) is 4.84. The Kier molecular flexibility index (Phi) is 5.48. The highest BCUT2D eigenvalue weighted by Gasteiger charge is 2.25. The van der Waals surface area contributed by atoms with Gasteiger partial charge in [0.2, 0.25) is 0 Å². The predicted molar refractivity (Wildman–Crippen MR) is 107 cm³/mol. The van der Waals surface area contributed by atoms with Crippen LogP contribution < -0.4 is 10.0 Å². The smallest absolute Gasteiger partial charge is 0.349 e. The minimum absolute atomic E-state index is 0.0361. The van der Waals surface area contributed by atoms with Gasteiger partial charge in [-0.05, 0) is 42.6 Å². The largest absolute Gasteiger partial charge is 0.465 e. The molecule has 0 spiro atoms. The van der Waals surface area contributed by atoms with E-state index in [1.807, 2.05) is 31.2 Å². The van der Waals surface area contributed by atoms with E-state index in [1.54, 1.807) is 24.3 Å². The van der Waals surface area contributed by atoms with Crippen LogP contribution in [0.4, 0.5) is 17.1 Å². The monoisotopic (exact) mass is 402 g/mol. The first-order valence-electron chi connectivity index (χ1n) is 8.02. The van der Waals surface area contributed by atoms with Crippen LogP contribution in [-0.2, 0) is 14.8 Å². The second kappa shape index (κ2) is 7.81. The van der Waals surface area contributed by atoms with E-state index in [4.69, 9.17) is 0 Å². The maximum absolute atomic E-state index is 12.8. The lowest BCUT2D eigenvalue weighted by Crippen LogP contribution is -2.16. The molecule has 0 aliphatic carbocycles. The van der Waals surface area contributed by atoms with Gasteiger partial charge in [0.1, 0.15) is 9.77 Å². The highest BCUT2D eigenvalue weighted by atomic mass is 32.2. The number of aryl methyl sites for hydroxylation is 1. The molecule has 0 unspecified atom stereocenters. The summed E-state index contributed by atoms with van der Waals surface area (Å²) in [7, 11) is -2.74. The second-order valence-electron chi connectivity index (χ2n) is 5.75. The normalized spacial score (nSPS) is 11.0. The third-order valence-electron chi connectivity index (χ3n) is 3.79.